The maximum atomic E-state index is 10.8. The molecule has 0 amide bonds. The number of nitro benzene ring substituents is 1. The van der Waals surface area contributed by atoms with Gasteiger partial charge in [0.1, 0.15) is 5.75 Å². The van der Waals surface area contributed by atoms with Gasteiger partial charge >= 0.3 is 5.97 Å². The summed E-state index contributed by atoms with van der Waals surface area (Å²) in [4.78, 5) is 20.6. The zero-order valence-electron chi connectivity index (χ0n) is 8.58. The SMILES string of the molecule is COc1cc([N+](=O)[O-])c(C(O)C(=O)O)cc1Br. The van der Waals surface area contributed by atoms with Gasteiger partial charge in [-0.05, 0) is 22.0 Å². The summed E-state index contributed by atoms with van der Waals surface area (Å²) in [6.07, 6.45) is -1.96. The van der Waals surface area contributed by atoms with Crippen LogP contribution in [0.4, 0.5) is 5.69 Å². The van der Waals surface area contributed by atoms with Crippen molar-refractivity contribution >= 4 is 27.6 Å². The fraction of sp³-hybridized carbons (Fsp3) is 0.222. The van der Waals surface area contributed by atoms with Crippen LogP contribution in [0.5, 0.6) is 5.75 Å². The Labute approximate surface area is 104 Å². The molecule has 7 nitrogen and oxygen atoms in total. The van der Waals surface area contributed by atoms with Crippen LogP contribution in [0.25, 0.3) is 0 Å². The Kier molecular flexibility index (Phi) is 4.02. The Bertz CT molecular complexity index is 475. The van der Waals surface area contributed by atoms with Crippen LogP contribution < -0.4 is 4.74 Å². The number of aliphatic hydroxyl groups excluding tert-OH is 1. The molecule has 1 aromatic carbocycles. The smallest absolute Gasteiger partial charge is 0.337 e. The first-order chi connectivity index (χ1) is 7.88. The summed E-state index contributed by atoms with van der Waals surface area (Å²) in [5, 5.41) is 28.7. The number of carbonyl (C=O) groups is 1. The molecule has 0 heterocycles. The number of benzene rings is 1. The number of hydrogen-bond acceptors (Lipinski definition) is 5. The molecule has 0 fully saturated rings. The minimum absolute atomic E-state index is 0.179. The molecule has 1 aromatic rings. The van der Waals surface area contributed by atoms with Gasteiger partial charge in [-0.2, -0.15) is 0 Å². The third kappa shape index (κ3) is 2.71. The summed E-state index contributed by atoms with van der Waals surface area (Å²) in [7, 11) is 1.32. The molecule has 0 saturated heterocycles. The molecular weight excluding hydrogens is 298 g/mol. The number of aliphatic hydroxyl groups is 1. The predicted molar refractivity (Wildman–Crippen MR) is 59.9 cm³/mol. The molecule has 92 valence electrons. The van der Waals surface area contributed by atoms with E-state index in [4.69, 9.17) is 9.84 Å². The second kappa shape index (κ2) is 5.11. The van der Waals surface area contributed by atoms with Crippen LogP contribution in [0.2, 0.25) is 0 Å². The van der Waals surface area contributed by atoms with Crippen LogP contribution in [0.1, 0.15) is 11.7 Å². The largest absolute Gasteiger partial charge is 0.495 e. The summed E-state index contributed by atoms with van der Waals surface area (Å²) in [5.41, 5.74) is -0.824. The third-order valence-corrected chi connectivity index (χ3v) is 2.65. The van der Waals surface area contributed by atoms with E-state index in [0.717, 1.165) is 12.1 Å². The van der Waals surface area contributed by atoms with E-state index >= 15 is 0 Å². The summed E-state index contributed by atoms with van der Waals surface area (Å²) < 4.78 is 5.17. The topological polar surface area (TPSA) is 110 Å². The summed E-state index contributed by atoms with van der Waals surface area (Å²) >= 11 is 3.06. The average molecular weight is 306 g/mol. The highest BCUT2D eigenvalue weighted by Gasteiger charge is 2.27. The molecule has 0 aromatic heterocycles. The molecule has 0 spiro atoms. The van der Waals surface area contributed by atoms with E-state index in [1.54, 1.807) is 0 Å². The molecule has 1 rings (SSSR count). The van der Waals surface area contributed by atoms with E-state index in [9.17, 15) is 20.0 Å². The predicted octanol–water partition coefficient (Wildman–Crippen LogP) is 1.48. The standard InChI is InChI=1S/C9H8BrNO6/c1-17-7-3-6(11(15)16)4(2-5(7)10)8(12)9(13)14/h2-3,8,12H,1H3,(H,13,14). The minimum atomic E-state index is -1.96. The van der Waals surface area contributed by atoms with E-state index in [1.807, 2.05) is 0 Å². The Hall–Kier alpha value is -1.67. The number of aliphatic carboxylic acids is 1. The lowest BCUT2D eigenvalue weighted by atomic mass is 10.1. The lowest BCUT2D eigenvalue weighted by Gasteiger charge is -2.09. The van der Waals surface area contributed by atoms with Gasteiger partial charge in [-0.25, -0.2) is 4.79 Å². The minimum Gasteiger partial charge on any atom is -0.495 e. The number of nitrogens with zero attached hydrogens (tertiary/aromatic N) is 1. The van der Waals surface area contributed by atoms with Gasteiger partial charge in [0.05, 0.1) is 28.1 Å². The highest BCUT2D eigenvalue weighted by atomic mass is 79.9. The lowest BCUT2D eigenvalue weighted by Crippen LogP contribution is -2.12. The Morgan fingerprint density at radius 2 is 2.18 bits per heavy atom. The number of ether oxygens (including phenoxy) is 1. The van der Waals surface area contributed by atoms with Crippen LogP contribution in [-0.4, -0.2) is 28.2 Å². The number of halogens is 1. The van der Waals surface area contributed by atoms with Crippen molar-refractivity contribution in [3.05, 3.63) is 32.3 Å². The van der Waals surface area contributed by atoms with Gasteiger partial charge in [0.25, 0.3) is 5.69 Å². The molecule has 0 aliphatic heterocycles. The van der Waals surface area contributed by atoms with Crippen molar-refractivity contribution < 1.29 is 24.7 Å². The first-order valence-electron chi connectivity index (χ1n) is 4.31. The van der Waals surface area contributed by atoms with E-state index in [2.05, 4.69) is 15.9 Å². The zero-order chi connectivity index (χ0) is 13.2. The number of carboxylic acid groups (broad SMARTS) is 1. The van der Waals surface area contributed by atoms with Crippen molar-refractivity contribution in [2.45, 2.75) is 6.10 Å². The van der Waals surface area contributed by atoms with Gasteiger partial charge in [-0.15, -0.1) is 0 Å². The molecule has 17 heavy (non-hydrogen) atoms. The fourth-order valence-electron chi connectivity index (χ4n) is 1.22. The summed E-state index contributed by atoms with van der Waals surface area (Å²) in [6, 6.07) is 2.20. The fourth-order valence-corrected chi connectivity index (χ4v) is 1.75. The van der Waals surface area contributed by atoms with Crippen molar-refractivity contribution in [2.75, 3.05) is 7.11 Å². The lowest BCUT2D eigenvalue weighted by molar-refractivity contribution is -0.386. The summed E-state index contributed by atoms with van der Waals surface area (Å²) in [5.74, 6) is -1.39. The highest BCUT2D eigenvalue weighted by molar-refractivity contribution is 9.10. The van der Waals surface area contributed by atoms with Crippen molar-refractivity contribution in [3.8, 4) is 5.75 Å². The average Bonchev–Trinajstić information content (AvgIpc) is 2.27. The molecule has 0 bridgehead atoms. The normalized spacial score (nSPS) is 11.9. The molecular formula is C9H8BrNO6. The number of rotatable bonds is 4. The van der Waals surface area contributed by atoms with Gasteiger partial charge in [0.15, 0.2) is 6.10 Å². The van der Waals surface area contributed by atoms with Gasteiger partial charge in [0, 0.05) is 0 Å². The quantitative estimate of drug-likeness (QED) is 0.644. The van der Waals surface area contributed by atoms with E-state index < -0.39 is 22.7 Å². The molecule has 0 radical (unpaired) electrons. The molecule has 0 aliphatic rings. The van der Waals surface area contributed by atoms with Crippen LogP contribution >= 0.6 is 15.9 Å². The first-order valence-corrected chi connectivity index (χ1v) is 5.10. The van der Waals surface area contributed by atoms with Crippen LogP contribution in [0.15, 0.2) is 16.6 Å². The van der Waals surface area contributed by atoms with E-state index in [0.29, 0.717) is 4.47 Å². The Morgan fingerprint density at radius 3 is 2.59 bits per heavy atom. The number of carboxylic acids is 1. The second-order valence-corrected chi connectivity index (χ2v) is 3.90. The van der Waals surface area contributed by atoms with E-state index in [1.165, 1.54) is 7.11 Å². The zero-order valence-corrected chi connectivity index (χ0v) is 10.2. The number of nitro groups is 1. The number of methoxy groups -OCH3 is 1. The van der Waals surface area contributed by atoms with Crippen molar-refractivity contribution in [1.29, 1.82) is 0 Å². The highest BCUT2D eigenvalue weighted by Crippen LogP contribution is 2.35. The van der Waals surface area contributed by atoms with Crippen molar-refractivity contribution in [1.82, 2.24) is 0 Å². The molecule has 0 saturated carbocycles. The molecule has 0 aliphatic carbocycles. The van der Waals surface area contributed by atoms with Crippen LogP contribution in [0.3, 0.4) is 0 Å². The van der Waals surface area contributed by atoms with Gasteiger partial charge in [-0.1, -0.05) is 0 Å². The molecule has 8 heteroatoms. The van der Waals surface area contributed by atoms with Gasteiger partial charge in [-0.3, -0.25) is 10.1 Å². The van der Waals surface area contributed by atoms with Crippen molar-refractivity contribution in [3.63, 3.8) is 0 Å². The Balaban J connectivity index is 3.42. The summed E-state index contributed by atoms with van der Waals surface area (Å²) in [6.45, 7) is 0. The van der Waals surface area contributed by atoms with Crippen LogP contribution in [-0.2, 0) is 4.79 Å². The molecule has 1 unspecified atom stereocenters. The first kappa shape index (κ1) is 13.4. The molecule has 1 atom stereocenters. The second-order valence-electron chi connectivity index (χ2n) is 3.04. The van der Waals surface area contributed by atoms with E-state index in [-0.39, 0.29) is 11.3 Å². The van der Waals surface area contributed by atoms with Crippen LogP contribution in [0, 0.1) is 10.1 Å². The Morgan fingerprint density at radius 1 is 1.59 bits per heavy atom. The maximum absolute atomic E-state index is 10.8. The van der Waals surface area contributed by atoms with Gasteiger partial charge in [0.2, 0.25) is 0 Å². The third-order valence-electron chi connectivity index (χ3n) is 2.03. The number of hydrogen-bond donors (Lipinski definition) is 2. The molecule has 2 N–H and O–H groups in total. The van der Waals surface area contributed by atoms with Crippen molar-refractivity contribution in [2.24, 2.45) is 0 Å². The van der Waals surface area contributed by atoms with Gasteiger partial charge < -0.3 is 14.9 Å². The monoisotopic (exact) mass is 305 g/mol. The maximum Gasteiger partial charge on any atom is 0.337 e.